The summed E-state index contributed by atoms with van der Waals surface area (Å²) in [7, 11) is 3.66. The van der Waals surface area contributed by atoms with E-state index in [4.69, 9.17) is 4.74 Å². The van der Waals surface area contributed by atoms with Gasteiger partial charge in [0.05, 0.1) is 6.10 Å². The Labute approximate surface area is 123 Å². The van der Waals surface area contributed by atoms with Crippen LogP contribution in [0.5, 0.6) is 0 Å². The van der Waals surface area contributed by atoms with Crippen LogP contribution in [0.4, 0.5) is 0 Å². The van der Waals surface area contributed by atoms with Crippen LogP contribution in [0.15, 0.2) is 24.4 Å². The lowest BCUT2D eigenvalue weighted by Crippen LogP contribution is -2.55. The summed E-state index contributed by atoms with van der Waals surface area (Å²) < 4.78 is 5.31. The van der Waals surface area contributed by atoms with E-state index >= 15 is 0 Å². The number of ether oxygens (including phenoxy) is 1. The number of nitrogens with one attached hydrogen (secondary N) is 1. The Kier molecular flexibility index (Phi) is 5.24. The first-order valence-electron chi connectivity index (χ1n) is 6.86. The minimum Gasteiger partial charge on any atom is -0.386 e. The third-order valence-electron chi connectivity index (χ3n) is 3.57. The van der Waals surface area contributed by atoms with E-state index in [2.05, 4.69) is 10.3 Å². The zero-order chi connectivity index (χ0) is 15.4. The molecule has 1 aliphatic rings. The number of pyridine rings is 1. The molecular weight excluding hydrogens is 274 g/mol. The molecule has 1 aromatic rings. The van der Waals surface area contributed by atoms with Gasteiger partial charge < -0.3 is 25.2 Å². The van der Waals surface area contributed by atoms with Crippen molar-refractivity contribution in [3.8, 4) is 0 Å². The van der Waals surface area contributed by atoms with Gasteiger partial charge in [0.15, 0.2) is 6.29 Å². The van der Waals surface area contributed by atoms with Gasteiger partial charge in [-0.25, -0.2) is 0 Å². The first kappa shape index (κ1) is 15.8. The molecule has 1 aliphatic heterocycles. The molecule has 0 radical (unpaired) electrons. The maximum Gasteiger partial charge on any atom is 0.269 e. The Morgan fingerprint density at radius 3 is 2.86 bits per heavy atom. The Morgan fingerprint density at radius 1 is 1.48 bits per heavy atom. The molecule has 21 heavy (non-hydrogen) atoms. The summed E-state index contributed by atoms with van der Waals surface area (Å²) in [6.45, 7) is 0.253. The molecule has 1 aromatic heterocycles. The molecule has 7 nitrogen and oxygen atoms in total. The van der Waals surface area contributed by atoms with Crippen molar-refractivity contribution in [3.63, 3.8) is 0 Å². The van der Waals surface area contributed by atoms with Gasteiger partial charge in [0.25, 0.3) is 5.91 Å². The summed E-state index contributed by atoms with van der Waals surface area (Å²) in [4.78, 5) is 17.7. The Hall–Kier alpha value is -1.54. The Balaban J connectivity index is 1.90. The number of likely N-dealkylation sites (N-methyl/N-ethyl adjacent to an activating group) is 1. The summed E-state index contributed by atoms with van der Waals surface area (Å²) >= 11 is 0. The second kappa shape index (κ2) is 6.95. The number of amides is 1. The van der Waals surface area contributed by atoms with Gasteiger partial charge in [0, 0.05) is 18.8 Å². The predicted molar refractivity (Wildman–Crippen MR) is 75.5 cm³/mol. The van der Waals surface area contributed by atoms with Crippen molar-refractivity contribution in [2.45, 2.75) is 31.0 Å². The van der Waals surface area contributed by atoms with Gasteiger partial charge >= 0.3 is 0 Å². The van der Waals surface area contributed by atoms with Crippen molar-refractivity contribution in [1.82, 2.24) is 15.2 Å². The summed E-state index contributed by atoms with van der Waals surface area (Å²) in [6.07, 6.45) is -0.490. The van der Waals surface area contributed by atoms with E-state index < -0.39 is 12.4 Å². The maximum atomic E-state index is 11.9. The smallest absolute Gasteiger partial charge is 0.269 e. The van der Waals surface area contributed by atoms with Crippen LogP contribution < -0.4 is 5.32 Å². The van der Waals surface area contributed by atoms with E-state index in [-0.39, 0.29) is 24.6 Å². The van der Waals surface area contributed by atoms with Crippen LogP contribution in [0.25, 0.3) is 0 Å². The van der Waals surface area contributed by atoms with Gasteiger partial charge in [-0.3, -0.25) is 9.78 Å². The molecule has 2 heterocycles. The predicted octanol–water partition coefficient (Wildman–Crippen LogP) is -0.790. The lowest BCUT2D eigenvalue weighted by Gasteiger charge is -2.40. The second-order valence-corrected chi connectivity index (χ2v) is 5.33. The van der Waals surface area contributed by atoms with Gasteiger partial charge in [-0.15, -0.1) is 0 Å². The van der Waals surface area contributed by atoms with Crippen LogP contribution >= 0.6 is 0 Å². The second-order valence-electron chi connectivity index (χ2n) is 5.33. The first-order chi connectivity index (χ1) is 9.99. The molecule has 1 amide bonds. The number of carbonyl (C=O) groups excluding carboxylic acids is 1. The molecule has 0 aromatic carbocycles. The van der Waals surface area contributed by atoms with E-state index in [1.807, 2.05) is 19.0 Å². The molecule has 3 unspecified atom stereocenters. The van der Waals surface area contributed by atoms with Crippen LogP contribution in [0.3, 0.4) is 0 Å². The van der Waals surface area contributed by atoms with Crippen molar-refractivity contribution in [2.75, 3.05) is 20.6 Å². The van der Waals surface area contributed by atoms with Gasteiger partial charge in [-0.05, 0) is 32.6 Å². The van der Waals surface area contributed by atoms with Crippen molar-refractivity contribution >= 4 is 5.91 Å². The number of aromatic nitrogens is 1. The fraction of sp³-hybridized carbons (Fsp3) is 0.571. The zero-order valence-corrected chi connectivity index (χ0v) is 12.1. The average Bonchev–Trinajstić information content (AvgIpc) is 2.48. The molecule has 116 valence electrons. The normalized spacial score (nSPS) is 29.4. The molecule has 0 saturated carbocycles. The highest BCUT2D eigenvalue weighted by molar-refractivity contribution is 5.92. The summed E-state index contributed by atoms with van der Waals surface area (Å²) in [5, 5.41) is 22.3. The molecule has 0 spiro atoms. The SMILES string of the molecule is CN(C)C1CC(CNC(=O)c2ccccn2)O[C@@H](O)C1O. The molecule has 0 aliphatic carbocycles. The van der Waals surface area contributed by atoms with E-state index in [1.54, 1.807) is 24.4 Å². The Bertz CT molecular complexity index is 469. The third kappa shape index (κ3) is 3.98. The number of hydrogen-bond acceptors (Lipinski definition) is 6. The average molecular weight is 295 g/mol. The fourth-order valence-corrected chi connectivity index (χ4v) is 2.37. The molecule has 1 saturated heterocycles. The van der Waals surface area contributed by atoms with Crippen molar-refractivity contribution in [2.24, 2.45) is 0 Å². The highest BCUT2D eigenvalue weighted by Crippen LogP contribution is 2.21. The van der Waals surface area contributed by atoms with Crippen molar-refractivity contribution in [1.29, 1.82) is 0 Å². The van der Waals surface area contributed by atoms with Crippen molar-refractivity contribution in [3.05, 3.63) is 30.1 Å². The van der Waals surface area contributed by atoms with Crippen LogP contribution in [-0.2, 0) is 4.74 Å². The van der Waals surface area contributed by atoms with E-state index in [0.717, 1.165) is 0 Å². The third-order valence-corrected chi connectivity index (χ3v) is 3.57. The summed E-state index contributed by atoms with van der Waals surface area (Å²) in [5.74, 6) is -0.291. The van der Waals surface area contributed by atoms with E-state index in [1.165, 1.54) is 0 Å². The maximum absolute atomic E-state index is 11.9. The van der Waals surface area contributed by atoms with E-state index in [0.29, 0.717) is 12.1 Å². The van der Waals surface area contributed by atoms with Gasteiger partial charge in [0.1, 0.15) is 11.8 Å². The fourth-order valence-electron chi connectivity index (χ4n) is 2.37. The van der Waals surface area contributed by atoms with Gasteiger partial charge in [0.2, 0.25) is 0 Å². The number of aliphatic hydroxyl groups is 2. The molecule has 2 rings (SSSR count). The van der Waals surface area contributed by atoms with Crippen LogP contribution in [0, 0.1) is 0 Å². The molecule has 0 bridgehead atoms. The number of nitrogens with zero attached hydrogens (tertiary/aromatic N) is 2. The monoisotopic (exact) mass is 295 g/mol. The number of carbonyl (C=O) groups is 1. The molecule has 1 fully saturated rings. The van der Waals surface area contributed by atoms with Crippen LogP contribution in [-0.4, -0.2) is 71.2 Å². The number of hydrogen-bond donors (Lipinski definition) is 3. The standard InChI is InChI=1S/C14H21N3O4/c1-17(2)11-7-9(21-14(20)12(11)18)8-16-13(19)10-5-3-4-6-15-10/h3-6,9,11-12,14,18,20H,7-8H2,1-2H3,(H,16,19)/t9?,11?,12?,14-/m1/s1. The topological polar surface area (TPSA) is 94.9 Å². The highest BCUT2D eigenvalue weighted by Gasteiger charge is 2.37. The molecule has 7 heteroatoms. The minimum absolute atomic E-state index is 0.217. The summed E-state index contributed by atoms with van der Waals surface area (Å²) in [6, 6.07) is 4.88. The lowest BCUT2D eigenvalue weighted by molar-refractivity contribution is -0.232. The highest BCUT2D eigenvalue weighted by atomic mass is 16.6. The molecular formula is C14H21N3O4. The molecule has 3 N–H and O–H groups in total. The molecule has 4 atom stereocenters. The van der Waals surface area contributed by atoms with Gasteiger partial charge in [-0.1, -0.05) is 6.07 Å². The minimum atomic E-state index is -1.25. The Morgan fingerprint density at radius 2 is 2.24 bits per heavy atom. The quantitative estimate of drug-likeness (QED) is 0.674. The lowest BCUT2D eigenvalue weighted by atomic mass is 9.98. The van der Waals surface area contributed by atoms with E-state index in [9.17, 15) is 15.0 Å². The number of aliphatic hydroxyl groups excluding tert-OH is 2. The summed E-state index contributed by atoms with van der Waals surface area (Å²) in [5.41, 5.74) is 0.332. The first-order valence-corrected chi connectivity index (χ1v) is 6.86. The number of rotatable bonds is 4. The largest absolute Gasteiger partial charge is 0.386 e. The van der Waals surface area contributed by atoms with Gasteiger partial charge in [-0.2, -0.15) is 0 Å². The van der Waals surface area contributed by atoms with Crippen molar-refractivity contribution < 1.29 is 19.7 Å². The van der Waals surface area contributed by atoms with Crippen LogP contribution in [0.1, 0.15) is 16.9 Å². The zero-order valence-electron chi connectivity index (χ0n) is 12.1. The van der Waals surface area contributed by atoms with Crippen LogP contribution in [0.2, 0.25) is 0 Å².